The maximum absolute atomic E-state index is 12.7. The van der Waals surface area contributed by atoms with Gasteiger partial charge >= 0.3 is 11.9 Å². The molecule has 0 spiro atoms. The van der Waals surface area contributed by atoms with Gasteiger partial charge in [0.05, 0.1) is 22.1 Å². The minimum absolute atomic E-state index is 0.0328. The molecular formula is C19H16F3N3O5. The molecule has 0 aliphatic carbocycles. The van der Waals surface area contributed by atoms with Crippen molar-refractivity contribution in [2.75, 3.05) is 0 Å². The predicted molar refractivity (Wildman–Crippen MR) is 99.7 cm³/mol. The fourth-order valence-corrected chi connectivity index (χ4v) is 2.92. The van der Waals surface area contributed by atoms with E-state index in [1.165, 1.54) is 28.8 Å². The molecule has 0 atom stereocenters. The third-order valence-corrected chi connectivity index (χ3v) is 4.39. The third-order valence-electron chi connectivity index (χ3n) is 4.39. The van der Waals surface area contributed by atoms with Gasteiger partial charge in [-0.15, -0.1) is 0 Å². The van der Waals surface area contributed by atoms with Crippen molar-refractivity contribution >= 4 is 22.7 Å². The largest absolute Gasteiger partial charge is 0.419 e. The smallest absolute Gasteiger partial charge is 0.407 e. The van der Waals surface area contributed by atoms with Crippen LogP contribution in [0.25, 0.3) is 11.1 Å². The highest BCUT2D eigenvalue weighted by Crippen LogP contribution is 2.29. The van der Waals surface area contributed by atoms with E-state index >= 15 is 0 Å². The number of halogens is 3. The number of hydrogen-bond acceptors (Lipinski definition) is 5. The van der Waals surface area contributed by atoms with Gasteiger partial charge in [0, 0.05) is 25.6 Å². The number of nitro groups is 1. The second-order valence-electron chi connectivity index (χ2n) is 6.51. The van der Waals surface area contributed by atoms with E-state index in [4.69, 9.17) is 4.42 Å². The van der Waals surface area contributed by atoms with Crippen LogP contribution in [0.1, 0.15) is 24.0 Å². The molecule has 0 unspecified atom stereocenters. The first-order valence-electron chi connectivity index (χ1n) is 8.86. The number of aromatic nitrogens is 1. The van der Waals surface area contributed by atoms with Gasteiger partial charge in [-0.3, -0.25) is 19.5 Å². The Bertz CT molecular complexity index is 1150. The average Bonchev–Trinajstić information content (AvgIpc) is 3.00. The van der Waals surface area contributed by atoms with E-state index in [0.29, 0.717) is 11.1 Å². The Morgan fingerprint density at radius 1 is 1.20 bits per heavy atom. The van der Waals surface area contributed by atoms with E-state index in [9.17, 15) is 32.9 Å². The molecule has 158 valence electrons. The number of nitro benzene ring substituents is 1. The van der Waals surface area contributed by atoms with Crippen LogP contribution in [0.4, 0.5) is 18.9 Å². The number of rotatable bonds is 7. The van der Waals surface area contributed by atoms with Gasteiger partial charge in [-0.2, -0.15) is 13.2 Å². The zero-order valence-electron chi connectivity index (χ0n) is 15.4. The number of nitrogens with one attached hydrogen (secondary N) is 1. The van der Waals surface area contributed by atoms with Crippen LogP contribution in [0.15, 0.2) is 51.7 Å². The first kappa shape index (κ1) is 21.1. The van der Waals surface area contributed by atoms with E-state index in [2.05, 4.69) is 5.32 Å². The van der Waals surface area contributed by atoms with Crippen LogP contribution in [0.2, 0.25) is 0 Å². The van der Waals surface area contributed by atoms with Crippen molar-refractivity contribution in [2.24, 2.45) is 0 Å². The van der Waals surface area contributed by atoms with Crippen molar-refractivity contribution in [1.82, 2.24) is 9.88 Å². The Morgan fingerprint density at radius 2 is 1.97 bits per heavy atom. The molecule has 0 fully saturated rings. The number of alkyl halides is 3. The summed E-state index contributed by atoms with van der Waals surface area (Å²) in [6.45, 7) is 0.0850. The maximum atomic E-state index is 12.7. The SMILES string of the molecule is O=C(CCCn1c(=O)oc2cc([N+](=O)[O-])ccc21)NCc1cccc(C(F)(F)F)c1. The molecule has 3 rings (SSSR count). The van der Waals surface area contributed by atoms with Crippen molar-refractivity contribution in [3.63, 3.8) is 0 Å². The van der Waals surface area contributed by atoms with Gasteiger partial charge in [0.15, 0.2) is 5.58 Å². The molecular weight excluding hydrogens is 407 g/mol. The molecule has 1 aromatic heterocycles. The Hall–Kier alpha value is -3.63. The predicted octanol–water partition coefficient (Wildman–Crippen LogP) is 3.62. The van der Waals surface area contributed by atoms with Crippen LogP contribution in [0, 0.1) is 10.1 Å². The number of nitrogens with zero attached hydrogens (tertiary/aromatic N) is 2. The van der Waals surface area contributed by atoms with E-state index in [1.54, 1.807) is 0 Å². The fourth-order valence-electron chi connectivity index (χ4n) is 2.92. The Balaban J connectivity index is 1.56. The van der Waals surface area contributed by atoms with E-state index in [0.717, 1.165) is 18.2 Å². The number of aryl methyl sites for hydroxylation is 1. The molecule has 0 aliphatic rings. The van der Waals surface area contributed by atoms with Crippen LogP contribution in [0.3, 0.4) is 0 Å². The summed E-state index contributed by atoms with van der Waals surface area (Å²) in [5.41, 5.74) is -0.243. The van der Waals surface area contributed by atoms with Crippen LogP contribution in [0.5, 0.6) is 0 Å². The molecule has 0 saturated carbocycles. The molecule has 3 aromatic rings. The Morgan fingerprint density at radius 3 is 2.67 bits per heavy atom. The summed E-state index contributed by atoms with van der Waals surface area (Å²) in [5.74, 6) is -1.08. The molecule has 1 heterocycles. The molecule has 11 heteroatoms. The van der Waals surface area contributed by atoms with Crippen LogP contribution < -0.4 is 11.1 Å². The summed E-state index contributed by atoms with van der Waals surface area (Å²) >= 11 is 0. The molecule has 1 N–H and O–H groups in total. The summed E-state index contributed by atoms with van der Waals surface area (Å²) in [6.07, 6.45) is -4.16. The lowest BCUT2D eigenvalue weighted by Crippen LogP contribution is -2.23. The molecule has 0 radical (unpaired) electrons. The number of hydrogen-bond donors (Lipinski definition) is 1. The van der Waals surface area contributed by atoms with Crippen LogP contribution in [-0.4, -0.2) is 15.4 Å². The summed E-state index contributed by atoms with van der Waals surface area (Å²) < 4.78 is 44.4. The van der Waals surface area contributed by atoms with E-state index in [1.807, 2.05) is 0 Å². The quantitative estimate of drug-likeness (QED) is 0.461. The number of carbonyl (C=O) groups excluding carboxylic acids is 1. The normalized spacial score (nSPS) is 11.6. The fraction of sp³-hybridized carbons (Fsp3) is 0.263. The highest BCUT2D eigenvalue weighted by Gasteiger charge is 2.30. The number of benzene rings is 2. The summed E-state index contributed by atoms with van der Waals surface area (Å²) in [4.78, 5) is 34.1. The number of non-ortho nitro benzene ring substituents is 1. The number of fused-ring (bicyclic) bond motifs is 1. The van der Waals surface area contributed by atoms with Crippen molar-refractivity contribution in [3.8, 4) is 0 Å². The zero-order valence-corrected chi connectivity index (χ0v) is 15.4. The van der Waals surface area contributed by atoms with Gasteiger partial charge in [0.25, 0.3) is 5.69 Å². The first-order chi connectivity index (χ1) is 14.1. The standard InChI is InChI=1S/C19H16F3N3O5/c20-19(21,22)13-4-1-3-12(9-13)11-23-17(26)5-2-8-24-15-7-6-14(25(28)29)10-16(15)30-18(24)27/h1,3-4,6-7,9-10H,2,5,8,11H2,(H,23,26). The summed E-state index contributed by atoms with van der Waals surface area (Å²) in [7, 11) is 0. The van der Waals surface area contributed by atoms with E-state index in [-0.39, 0.29) is 43.1 Å². The lowest BCUT2D eigenvalue weighted by atomic mass is 10.1. The average molecular weight is 423 g/mol. The highest BCUT2D eigenvalue weighted by atomic mass is 19.4. The van der Waals surface area contributed by atoms with Gasteiger partial charge < -0.3 is 9.73 Å². The number of amides is 1. The van der Waals surface area contributed by atoms with Gasteiger partial charge in [0.1, 0.15) is 0 Å². The molecule has 30 heavy (non-hydrogen) atoms. The lowest BCUT2D eigenvalue weighted by Gasteiger charge is -2.09. The summed E-state index contributed by atoms with van der Waals surface area (Å²) in [5, 5.41) is 13.3. The zero-order chi connectivity index (χ0) is 21.9. The molecule has 0 bridgehead atoms. The van der Waals surface area contributed by atoms with Crippen LogP contribution in [-0.2, 0) is 24.1 Å². The van der Waals surface area contributed by atoms with Gasteiger partial charge in [-0.25, -0.2) is 4.79 Å². The Labute approximate surface area is 167 Å². The number of carbonyl (C=O) groups is 1. The minimum Gasteiger partial charge on any atom is -0.407 e. The molecule has 1 amide bonds. The van der Waals surface area contributed by atoms with Gasteiger partial charge in [-0.05, 0) is 30.2 Å². The molecule has 2 aromatic carbocycles. The van der Waals surface area contributed by atoms with Gasteiger partial charge in [0.2, 0.25) is 5.91 Å². The van der Waals surface area contributed by atoms with E-state index < -0.39 is 22.4 Å². The molecule has 0 aliphatic heterocycles. The molecule has 8 nitrogen and oxygen atoms in total. The lowest BCUT2D eigenvalue weighted by molar-refractivity contribution is -0.384. The van der Waals surface area contributed by atoms with Crippen LogP contribution >= 0.6 is 0 Å². The number of oxazole rings is 1. The monoisotopic (exact) mass is 423 g/mol. The second-order valence-corrected chi connectivity index (χ2v) is 6.51. The maximum Gasteiger partial charge on any atom is 0.419 e. The minimum atomic E-state index is -4.46. The second kappa shape index (κ2) is 8.39. The topological polar surface area (TPSA) is 107 Å². The summed E-state index contributed by atoms with van der Waals surface area (Å²) in [6, 6.07) is 8.46. The Kier molecular flexibility index (Phi) is 5.90. The van der Waals surface area contributed by atoms with Gasteiger partial charge in [-0.1, -0.05) is 12.1 Å². The van der Waals surface area contributed by atoms with Crippen molar-refractivity contribution in [3.05, 3.63) is 74.3 Å². The molecule has 0 saturated heterocycles. The first-order valence-corrected chi connectivity index (χ1v) is 8.86. The van der Waals surface area contributed by atoms with Crippen molar-refractivity contribution in [1.29, 1.82) is 0 Å². The highest BCUT2D eigenvalue weighted by molar-refractivity contribution is 5.76. The van der Waals surface area contributed by atoms with Crippen molar-refractivity contribution < 1.29 is 27.3 Å². The third kappa shape index (κ3) is 4.85. The van der Waals surface area contributed by atoms with Crippen molar-refractivity contribution in [2.45, 2.75) is 32.1 Å².